The van der Waals surface area contributed by atoms with E-state index in [2.05, 4.69) is 0 Å². The van der Waals surface area contributed by atoms with Crippen molar-refractivity contribution in [2.75, 3.05) is 12.9 Å². The van der Waals surface area contributed by atoms with Crippen molar-refractivity contribution < 1.29 is 6.16 Å². The van der Waals surface area contributed by atoms with E-state index >= 15 is 0 Å². The molecule has 0 saturated carbocycles. The van der Waals surface area contributed by atoms with Crippen molar-refractivity contribution in [3.8, 4) is 11.8 Å². The van der Waals surface area contributed by atoms with Gasteiger partial charge in [-0.15, -0.1) is 0 Å². The van der Waals surface area contributed by atoms with Crippen molar-refractivity contribution >= 4 is 11.8 Å². The zero-order valence-electron chi connectivity index (χ0n) is 10.6. The van der Waals surface area contributed by atoms with E-state index in [1.54, 1.807) is 18.9 Å². The van der Waals surface area contributed by atoms with Crippen LogP contribution in [0.2, 0.25) is 0 Å². The number of nitrogens with two attached hydrogens (primary N) is 1. The highest BCUT2D eigenvalue weighted by molar-refractivity contribution is 7.98. The number of hydrogen-bond donors (Lipinski definition) is 1. The van der Waals surface area contributed by atoms with Crippen LogP contribution < -0.4 is 10.5 Å². The molecule has 0 fully saturated rings. The van der Waals surface area contributed by atoms with E-state index in [-0.39, 0.29) is 7.47 Å². The van der Waals surface area contributed by atoms with Crippen molar-refractivity contribution in [3.05, 3.63) is 29.8 Å². The molecule has 4 heteroatoms. The molecular weight excluding hydrogens is 232 g/mol. The number of nitriles is 1. The summed E-state index contributed by atoms with van der Waals surface area (Å²) in [7, 11) is 1.65. The Labute approximate surface area is 109 Å². The van der Waals surface area contributed by atoms with E-state index in [1.807, 2.05) is 44.2 Å². The van der Waals surface area contributed by atoms with Crippen molar-refractivity contribution in [2.45, 2.75) is 25.6 Å². The smallest absolute Gasteiger partial charge is 0.118 e. The molecule has 0 saturated heterocycles. The maximum Gasteiger partial charge on any atom is 0.118 e. The Morgan fingerprint density at radius 1 is 1.41 bits per heavy atom. The Hall–Kier alpha value is -1.18. The monoisotopic (exact) mass is 254 g/mol. The fraction of sp³-hybridized carbons (Fsp3) is 0.462. The first kappa shape index (κ1) is 15.8. The Morgan fingerprint density at radius 2 is 2.00 bits per heavy atom. The van der Waals surface area contributed by atoms with Gasteiger partial charge in [-0.25, -0.2) is 0 Å². The highest BCUT2D eigenvalue weighted by Crippen LogP contribution is 2.16. The van der Waals surface area contributed by atoms with Gasteiger partial charge in [0.05, 0.1) is 13.2 Å². The SMILES string of the molecule is CC.COc1ccc(CSCC(N)C#N)cc1.[HH]. The molecular formula is C13H22N2OS. The first-order valence-corrected chi connectivity index (χ1v) is 6.77. The summed E-state index contributed by atoms with van der Waals surface area (Å²) >= 11 is 1.66. The molecule has 0 bridgehead atoms. The molecule has 1 unspecified atom stereocenters. The van der Waals surface area contributed by atoms with Crippen LogP contribution in [0.1, 0.15) is 20.8 Å². The molecule has 0 aliphatic heterocycles. The summed E-state index contributed by atoms with van der Waals surface area (Å²) in [5, 5.41) is 8.50. The lowest BCUT2D eigenvalue weighted by atomic mass is 10.2. The summed E-state index contributed by atoms with van der Waals surface area (Å²) in [5.41, 5.74) is 6.69. The van der Waals surface area contributed by atoms with Crippen LogP contribution in [0.4, 0.5) is 0 Å². The zero-order valence-corrected chi connectivity index (χ0v) is 11.5. The van der Waals surface area contributed by atoms with Crippen molar-refractivity contribution in [1.29, 1.82) is 5.26 Å². The average Bonchev–Trinajstić information content (AvgIpc) is 2.41. The predicted molar refractivity (Wildman–Crippen MR) is 76.2 cm³/mol. The number of ether oxygens (including phenoxy) is 1. The van der Waals surface area contributed by atoms with Crippen LogP contribution in [-0.4, -0.2) is 18.9 Å². The van der Waals surface area contributed by atoms with Crippen molar-refractivity contribution in [3.63, 3.8) is 0 Å². The molecule has 0 heterocycles. The topological polar surface area (TPSA) is 59.0 Å². The fourth-order valence-corrected chi connectivity index (χ4v) is 1.94. The quantitative estimate of drug-likeness (QED) is 0.877. The minimum absolute atomic E-state index is 0. The molecule has 1 aromatic rings. The van der Waals surface area contributed by atoms with Gasteiger partial charge in [-0.3, -0.25) is 0 Å². The van der Waals surface area contributed by atoms with Gasteiger partial charge in [-0.05, 0) is 17.7 Å². The van der Waals surface area contributed by atoms with E-state index in [1.165, 1.54) is 5.56 Å². The van der Waals surface area contributed by atoms with Gasteiger partial charge in [0.2, 0.25) is 0 Å². The van der Waals surface area contributed by atoms with Gasteiger partial charge in [0.25, 0.3) is 0 Å². The second-order valence-corrected chi connectivity index (χ2v) is 4.13. The second-order valence-electron chi connectivity index (χ2n) is 3.10. The Morgan fingerprint density at radius 3 is 2.47 bits per heavy atom. The van der Waals surface area contributed by atoms with Crippen LogP contribution in [0.5, 0.6) is 5.75 Å². The summed E-state index contributed by atoms with van der Waals surface area (Å²) < 4.78 is 5.06. The molecule has 1 rings (SSSR count). The minimum atomic E-state index is -0.367. The van der Waals surface area contributed by atoms with Crippen LogP contribution in [0.15, 0.2) is 24.3 Å². The minimum Gasteiger partial charge on any atom is -0.497 e. The number of thioether (sulfide) groups is 1. The number of rotatable bonds is 5. The first-order chi connectivity index (χ1) is 8.26. The highest BCUT2D eigenvalue weighted by atomic mass is 32.2. The lowest BCUT2D eigenvalue weighted by Gasteiger charge is -2.04. The van der Waals surface area contributed by atoms with Gasteiger partial charge in [0.15, 0.2) is 0 Å². The highest BCUT2D eigenvalue weighted by Gasteiger charge is 2.00. The van der Waals surface area contributed by atoms with Crippen molar-refractivity contribution in [1.82, 2.24) is 0 Å². The Kier molecular flexibility index (Phi) is 9.31. The van der Waals surface area contributed by atoms with E-state index in [0.29, 0.717) is 5.75 Å². The third-order valence-corrected chi connectivity index (χ3v) is 3.02. The number of methoxy groups -OCH3 is 1. The zero-order chi connectivity index (χ0) is 13.1. The van der Waals surface area contributed by atoms with E-state index < -0.39 is 0 Å². The van der Waals surface area contributed by atoms with Crippen LogP contribution >= 0.6 is 11.8 Å². The van der Waals surface area contributed by atoms with Crippen molar-refractivity contribution in [2.24, 2.45) is 5.73 Å². The summed E-state index contributed by atoms with van der Waals surface area (Å²) in [4.78, 5) is 0. The van der Waals surface area contributed by atoms with Gasteiger partial charge in [0, 0.05) is 12.9 Å². The molecule has 1 aromatic carbocycles. The average molecular weight is 254 g/mol. The molecule has 0 aliphatic rings. The lowest BCUT2D eigenvalue weighted by Crippen LogP contribution is -2.19. The van der Waals surface area contributed by atoms with Gasteiger partial charge in [-0.1, -0.05) is 26.0 Å². The predicted octanol–water partition coefficient (Wildman–Crippen LogP) is 3.05. The second kappa shape index (κ2) is 10.0. The maximum atomic E-state index is 8.50. The summed E-state index contributed by atoms with van der Waals surface area (Å²) in [5.74, 6) is 2.40. The lowest BCUT2D eigenvalue weighted by molar-refractivity contribution is 0.414. The molecule has 0 aliphatic carbocycles. The molecule has 1 atom stereocenters. The van der Waals surface area contributed by atoms with E-state index in [4.69, 9.17) is 15.7 Å². The molecule has 0 amide bonds. The first-order valence-electron chi connectivity index (χ1n) is 5.62. The third-order valence-electron chi connectivity index (χ3n) is 1.89. The van der Waals surface area contributed by atoms with Crippen LogP contribution in [0, 0.1) is 11.3 Å². The largest absolute Gasteiger partial charge is 0.497 e. The van der Waals surface area contributed by atoms with E-state index in [9.17, 15) is 0 Å². The van der Waals surface area contributed by atoms with Crippen LogP contribution in [0.25, 0.3) is 0 Å². The number of benzene rings is 1. The molecule has 96 valence electrons. The van der Waals surface area contributed by atoms with Gasteiger partial charge in [-0.2, -0.15) is 17.0 Å². The van der Waals surface area contributed by atoms with Gasteiger partial charge < -0.3 is 10.5 Å². The Balaban J connectivity index is 0. The molecule has 0 radical (unpaired) electrons. The Bertz CT molecular complexity index is 338. The fourth-order valence-electron chi connectivity index (χ4n) is 1.06. The maximum absolute atomic E-state index is 8.50. The van der Waals surface area contributed by atoms with Crippen LogP contribution in [0.3, 0.4) is 0 Å². The summed E-state index contributed by atoms with van der Waals surface area (Å²) in [6.45, 7) is 4.00. The molecule has 2 N–H and O–H groups in total. The number of nitrogens with zero attached hydrogens (tertiary/aromatic N) is 1. The number of hydrogen-bond acceptors (Lipinski definition) is 4. The molecule has 0 aromatic heterocycles. The summed E-state index contributed by atoms with van der Waals surface area (Å²) in [6.07, 6.45) is 0. The molecule has 17 heavy (non-hydrogen) atoms. The third kappa shape index (κ3) is 6.88. The molecule has 3 nitrogen and oxygen atoms in total. The standard InChI is InChI=1S/C11H14N2OS.C2H6.H2/c1-14-11-4-2-9(3-5-11)7-15-8-10(13)6-12;1-2;/h2-5,10H,7-8,13H2,1H3;1-2H3;1H. The van der Waals surface area contributed by atoms with Gasteiger partial charge in [0.1, 0.15) is 11.8 Å². The molecule has 0 spiro atoms. The van der Waals surface area contributed by atoms with Crippen LogP contribution in [-0.2, 0) is 5.75 Å². The summed E-state index contributed by atoms with van der Waals surface area (Å²) in [6, 6.07) is 9.54. The normalized spacial score (nSPS) is 10.8. The van der Waals surface area contributed by atoms with E-state index in [0.717, 1.165) is 11.5 Å². The van der Waals surface area contributed by atoms with Gasteiger partial charge >= 0.3 is 0 Å².